The van der Waals surface area contributed by atoms with Crippen LogP contribution in [-0.4, -0.2) is 62.5 Å². The van der Waals surface area contributed by atoms with Gasteiger partial charge in [0.05, 0.1) is 11.5 Å². The minimum Gasteiger partial charge on any atom is -0.406 e. The van der Waals surface area contributed by atoms with Gasteiger partial charge in [0, 0.05) is 39.0 Å². The molecule has 2 saturated heterocycles. The van der Waals surface area contributed by atoms with Crippen LogP contribution in [0.15, 0.2) is 29.2 Å². The number of hydrogen-bond donors (Lipinski definition) is 0. The van der Waals surface area contributed by atoms with E-state index in [0.717, 1.165) is 49.8 Å². The molecule has 10 heteroatoms. The van der Waals surface area contributed by atoms with Gasteiger partial charge >= 0.3 is 6.36 Å². The molecule has 156 valence electrons. The van der Waals surface area contributed by atoms with Gasteiger partial charge in [-0.1, -0.05) is 0 Å². The van der Waals surface area contributed by atoms with Crippen molar-refractivity contribution >= 4 is 10.0 Å². The zero-order valence-corrected chi connectivity index (χ0v) is 16.1. The third-order valence-electron chi connectivity index (χ3n) is 5.62. The van der Waals surface area contributed by atoms with Crippen molar-refractivity contribution in [3.05, 3.63) is 24.3 Å². The molecule has 0 aromatic heterocycles. The van der Waals surface area contributed by atoms with Gasteiger partial charge in [-0.2, -0.15) is 4.31 Å². The molecule has 0 radical (unpaired) electrons. The summed E-state index contributed by atoms with van der Waals surface area (Å²) < 4.78 is 74.3. The van der Waals surface area contributed by atoms with Gasteiger partial charge in [-0.15, -0.1) is 13.2 Å². The summed E-state index contributed by atoms with van der Waals surface area (Å²) in [5.41, 5.74) is -0.861. The van der Waals surface area contributed by atoms with Crippen LogP contribution in [0.25, 0.3) is 0 Å². The smallest absolute Gasteiger partial charge is 0.406 e. The van der Waals surface area contributed by atoms with Crippen LogP contribution in [0.5, 0.6) is 5.75 Å². The van der Waals surface area contributed by atoms with E-state index in [9.17, 15) is 21.6 Å². The molecule has 6 nitrogen and oxygen atoms in total. The fraction of sp³-hybridized carbons (Fsp3) is 0.667. The maximum absolute atomic E-state index is 13.1. The molecule has 3 aliphatic rings. The van der Waals surface area contributed by atoms with Gasteiger partial charge in [-0.25, -0.2) is 8.42 Å². The molecule has 0 bridgehead atoms. The molecule has 2 aliphatic heterocycles. The molecular weight excluding hydrogens is 397 g/mol. The summed E-state index contributed by atoms with van der Waals surface area (Å²) in [4.78, 5) is 2.30. The second kappa shape index (κ2) is 7.16. The number of piperidine rings is 1. The highest BCUT2D eigenvalue weighted by molar-refractivity contribution is 7.89. The molecule has 1 aromatic rings. The number of nitrogens with zero attached hydrogens (tertiary/aromatic N) is 2. The topological polar surface area (TPSA) is 59.1 Å². The van der Waals surface area contributed by atoms with Crippen LogP contribution in [0.3, 0.4) is 0 Å². The monoisotopic (exact) mass is 420 g/mol. The van der Waals surface area contributed by atoms with Gasteiger partial charge in [0.1, 0.15) is 11.5 Å². The number of ether oxygens (including phenoxy) is 2. The van der Waals surface area contributed by atoms with Crippen LogP contribution in [-0.2, 0) is 14.8 Å². The maximum atomic E-state index is 13.1. The molecule has 1 spiro atoms. The summed E-state index contributed by atoms with van der Waals surface area (Å²) in [5.74, 6) is 0.322. The van der Waals surface area contributed by atoms with E-state index in [-0.39, 0.29) is 11.4 Å². The summed E-state index contributed by atoms with van der Waals surface area (Å²) in [5, 5.41) is 0. The van der Waals surface area contributed by atoms with E-state index in [2.05, 4.69) is 9.64 Å². The number of rotatable bonds is 5. The second-order valence-electron chi connectivity index (χ2n) is 7.64. The second-order valence-corrected chi connectivity index (χ2v) is 9.50. The molecule has 3 fully saturated rings. The Balaban J connectivity index is 1.48. The van der Waals surface area contributed by atoms with E-state index in [1.165, 1.54) is 17.1 Å². The summed E-state index contributed by atoms with van der Waals surface area (Å²) in [7, 11) is -3.88. The van der Waals surface area contributed by atoms with E-state index in [1.54, 1.807) is 0 Å². The van der Waals surface area contributed by atoms with Gasteiger partial charge in [-0.3, -0.25) is 0 Å². The molecule has 28 heavy (non-hydrogen) atoms. The van der Waals surface area contributed by atoms with Crippen molar-refractivity contribution in [1.82, 2.24) is 9.21 Å². The Hall–Kier alpha value is -1.36. The lowest BCUT2D eigenvalue weighted by atomic mass is 10.0. The van der Waals surface area contributed by atoms with Gasteiger partial charge < -0.3 is 14.4 Å². The van der Waals surface area contributed by atoms with Crippen molar-refractivity contribution in [3.8, 4) is 5.75 Å². The molecule has 1 aromatic carbocycles. The number of halogens is 3. The maximum Gasteiger partial charge on any atom is 0.573 e. The number of alkyl halides is 3. The lowest BCUT2D eigenvalue weighted by Crippen LogP contribution is -2.55. The number of benzene rings is 1. The SMILES string of the molecule is O=S(=O)(c1ccc(OC(F)(F)F)cc1)N1CCOC12CCN(CC1CC1)CC2. The van der Waals surface area contributed by atoms with Gasteiger partial charge in [0.25, 0.3) is 0 Å². The normalized spacial score (nSPS) is 24.0. The first-order chi connectivity index (χ1) is 13.2. The van der Waals surface area contributed by atoms with Crippen molar-refractivity contribution in [3.63, 3.8) is 0 Å². The highest BCUT2D eigenvalue weighted by Crippen LogP contribution is 2.39. The first-order valence-corrected chi connectivity index (χ1v) is 10.9. The summed E-state index contributed by atoms with van der Waals surface area (Å²) in [6.45, 7) is 3.17. The standard InChI is InChI=1S/C18H23F3N2O4S/c19-18(20,21)27-15-3-5-16(6-4-15)28(24,25)23-11-12-26-17(23)7-9-22(10-8-17)13-14-1-2-14/h3-6,14H,1-2,7-13H2. The lowest BCUT2D eigenvalue weighted by molar-refractivity contribution is -0.274. The van der Waals surface area contributed by atoms with E-state index in [4.69, 9.17) is 4.74 Å². The molecule has 0 atom stereocenters. The highest BCUT2D eigenvalue weighted by Gasteiger charge is 2.50. The van der Waals surface area contributed by atoms with Crippen LogP contribution >= 0.6 is 0 Å². The largest absolute Gasteiger partial charge is 0.573 e. The number of hydrogen-bond acceptors (Lipinski definition) is 5. The Kier molecular flexibility index (Phi) is 5.09. The van der Waals surface area contributed by atoms with Crippen LogP contribution < -0.4 is 4.74 Å². The van der Waals surface area contributed by atoms with Crippen LogP contribution in [0, 0.1) is 5.92 Å². The lowest BCUT2D eigenvalue weighted by Gasteiger charge is -2.43. The predicted molar refractivity (Wildman–Crippen MR) is 94.1 cm³/mol. The Labute approximate surface area is 162 Å². The molecule has 0 N–H and O–H groups in total. The number of likely N-dealkylation sites (tertiary alicyclic amines) is 1. The van der Waals surface area contributed by atoms with Crippen LogP contribution in [0.2, 0.25) is 0 Å². The van der Waals surface area contributed by atoms with E-state index in [0.29, 0.717) is 19.4 Å². The minimum atomic E-state index is -4.82. The first-order valence-electron chi connectivity index (χ1n) is 9.43. The third kappa shape index (κ3) is 4.14. The molecule has 1 aliphatic carbocycles. The van der Waals surface area contributed by atoms with Crippen molar-refractivity contribution in [1.29, 1.82) is 0 Å². The van der Waals surface area contributed by atoms with Gasteiger partial charge in [0.15, 0.2) is 0 Å². The first kappa shape index (κ1) is 19.9. The predicted octanol–water partition coefficient (Wildman–Crippen LogP) is 2.81. The molecule has 0 unspecified atom stereocenters. The molecular formula is C18H23F3N2O4S. The fourth-order valence-electron chi connectivity index (χ4n) is 4.02. The quantitative estimate of drug-likeness (QED) is 0.733. The third-order valence-corrected chi connectivity index (χ3v) is 7.58. The molecule has 2 heterocycles. The van der Waals surface area contributed by atoms with Crippen molar-refractivity contribution in [2.45, 2.75) is 42.7 Å². The molecule has 1 saturated carbocycles. The van der Waals surface area contributed by atoms with Gasteiger partial charge in [-0.05, 0) is 43.0 Å². The van der Waals surface area contributed by atoms with Crippen LogP contribution in [0.4, 0.5) is 13.2 Å². The average Bonchev–Trinajstić information content (AvgIpc) is 3.34. The van der Waals surface area contributed by atoms with Crippen molar-refractivity contribution in [2.24, 2.45) is 5.92 Å². The summed E-state index contributed by atoms with van der Waals surface area (Å²) in [6.07, 6.45) is -1.09. The summed E-state index contributed by atoms with van der Waals surface area (Å²) in [6, 6.07) is 4.32. The van der Waals surface area contributed by atoms with Crippen molar-refractivity contribution < 1.29 is 31.1 Å². The minimum absolute atomic E-state index is 0.0627. The van der Waals surface area contributed by atoms with Crippen LogP contribution in [0.1, 0.15) is 25.7 Å². The average molecular weight is 420 g/mol. The zero-order chi connectivity index (χ0) is 20.0. The Bertz CT molecular complexity index is 801. The number of sulfonamides is 1. The summed E-state index contributed by atoms with van der Waals surface area (Å²) >= 11 is 0. The Morgan fingerprint density at radius 2 is 1.75 bits per heavy atom. The van der Waals surface area contributed by atoms with E-state index in [1.807, 2.05) is 0 Å². The van der Waals surface area contributed by atoms with Crippen molar-refractivity contribution in [2.75, 3.05) is 32.8 Å². The Morgan fingerprint density at radius 3 is 2.32 bits per heavy atom. The highest BCUT2D eigenvalue weighted by atomic mass is 32.2. The fourth-order valence-corrected chi connectivity index (χ4v) is 5.74. The molecule has 4 rings (SSSR count). The van der Waals surface area contributed by atoms with E-state index >= 15 is 0 Å². The Morgan fingerprint density at radius 1 is 1.11 bits per heavy atom. The zero-order valence-electron chi connectivity index (χ0n) is 15.3. The van der Waals surface area contributed by atoms with E-state index < -0.39 is 27.9 Å². The molecule has 0 amide bonds. The van der Waals surface area contributed by atoms with Gasteiger partial charge in [0.2, 0.25) is 10.0 Å².